The van der Waals surface area contributed by atoms with Crippen molar-refractivity contribution < 1.29 is 28.8 Å². The highest BCUT2D eigenvalue weighted by Gasteiger charge is 2.18. The Bertz CT molecular complexity index is 466. The number of nitrogens with one attached hydrogen (secondary N) is 1. The van der Waals surface area contributed by atoms with Crippen molar-refractivity contribution in [3.8, 4) is 0 Å². The molecule has 0 unspecified atom stereocenters. The average molecular weight is 419 g/mol. The third-order valence-electron chi connectivity index (χ3n) is 4.52. The fraction of sp³-hybridized carbons (Fsp3) is 0.850. The van der Waals surface area contributed by atoms with Crippen molar-refractivity contribution in [2.24, 2.45) is 0 Å². The number of allylic oxidation sites excluding steroid dienone is 1. The van der Waals surface area contributed by atoms with Crippen molar-refractivity contribution in [3.05, 3.63) is 12.2 Å². The lowest BCUT2D eigenvalue weighted by Gasteiger charge is -2.31. The van der Waals surface area contributed by atoms with Gasteiger partial charge in [-0.3, -0.25) is 4.79 Å². The number of unbranched alkanes of at least 4 members (excludes halogenated alkanes) is 11. The number of aliphatic hydroxyl groups is 1. The summed E-state index contributed by atoms with van der Waals surface area (Å²) in [7, 11) is -5.15. The lowest BCUT2D eigenvalue weighted by molar-refractivity contribution is -0.342. The number of hydrogen-bond acceptors (Lipinski definition) is 6. The predicted octanol–water partition coefficient (Wildman–Crippen LogP) is 2.95. The van der Waals surface area contributed by atoms with Gasteiger partial charge >= 0.3 is 0 Å². The van der Waals surface area contributed by atoms with Gasteiger partial charge in [0.2, 0.25) is 5.91 Å². The number of phosphoric ester groups is 1. The Morgan fingerprint density at radius 1 is 1.04 bits per heavy atom. The quantitative estimate of drug-likeness (QED) is 0.200. The molecular weight excluding hydrogens is 381 g/mol. The number of carbonyl (C=O) groups excluding carboxylic acids is 1. The second-order valence-electron chi connectivity index (χ2n) is 7.29. The van der Waals surface area contributed by atoms with Crippen molar-refractivity contribution in [1.29, 1.82) is 0 Å². The molecule has 0 aromatic rings. The molecule has 0 bridgehead atoms. The Labute approximate surface area is 170 Å². The summed E-state index contributed by atoms with van der Waals surface area (Å²) in [5.41, 5.74) is 0. The first-order chi connectivity index (χ1) is 13.3. The van der Waals surface area contributed by atoms with E-state index in [2.05, 4.69) is 16.8 Å². The molecule has 0 aromatic heterocycles. The van der Waals surface area contributed by atoms with Crippen molar-refractivity contribution in [2.75, 3.05) is 6.61 Å². The highest BCUT2D eigenvalue weighted by Crippen LogP contribution is 2.24. The second kappa shape index (κ2) is 17.2. The van der Waals surface area contributed by atoms with Gasteiger partial charge in [-0.25, -0.2) is 0 Å². The summed E-state index contributed by atoms with van der Waals surface area (Å²) in [6, 6.07) is -0.984. The van der Waals surface area contributed by atoms with Gasteiger partial charge in [-0.15, -0.1) is 0 Å². The third kappa shape index (κ3) is 18.6. The number of rotatable bonds is 18. The normalized spacial score (nSPS) is 14.3. The van der Waals surface area contributed by atoms with Gasteiger partial charge in [0, 0.05) is 6.92 Å². The molecule has 0 aromatic carbocycles. The first-order valence-corrected chi connectivity index (χ1v) is 12.0. The van der Waals surface area contributed by atoms with Crippen LogP contribution in [-0.4, -0.2) is 29.8 Å². The smallest absolute Gasteiger partial charge is 0.217 e. The molecule has 28 heavy (non-hydrogen) atoms. The lowest BCUT2D eigenvalue weighted by atomic mass is 10.0. The van der Waals surface area contributed by atoms with Gasteiger partial charge in [0.25, 0.3) is 0 Å². The number of amides is 1. The topological polar surface area (TPSA) is 122 Å². The van der Waals surface area contributed by atoms with Gasteiger partial charge in [-0.05, 0) is 12.8 Å². The van der Waals surface area contributed by atoms with Crippen molar-refractivity contribution >= 4 is 13.7 Å². The van der Waals surface area contributed by atoms with Crippen LogP contribution in [0.15, 0.2) is 12.2 Å². The molecule has 0 heterocycles. The first kappa shape index (κ1) is 27.3. The molecule has 0 aliphatic heterocycles. The highest BCUT2D eigenvalue weighted by molar-refractivity contribution is 7.43. The summed E-state index contributed by atoms with van der Waals surface area (Å²) in [5.74, 6) is -0.446. The van der Waals surface area contributed by atoms with Crippen LogP contribution < -0.4 is 15.1 Å². The largest absolute Gasteiger partial charge is 0.790 e. The van der Waals surface area contributed by atoms with E-state index in [9.17, 15) is 24.3 Å². The molecule has 1 amide bonds. The second-order valence-corrected chi connectivity index (χ2v) is 8.45. The van der Waals surface area contributed by atoms with Crippen LogP contribution in [0, 0.1) is 0 Å². The van der Waals surface area contributed by atoms with E-state index in [1.54, 1.807) is 6.08 Å². The molecular formula is C20H38NO6P-2. The predicted molar refractivity (Wildman–Crippen MR) is 107 cm³/mol. The molecule has 0 saturated carbocycles. The van der Waals surface area contributed by atoms with Crippen LogP contribution >= 0.6 is 7.82 Å². The Morgan fingerprint density at radius 3 is 2.00 bits per heavy atom. The van der Waals surface area contributed by atoms with Crippen LogP contribution in [0.1, 0.15) is 90.9 Å². The Balaban J connectivity index is 3.84. The fourth-order valence-electron chi connectivity index (χ4n) is 2.95. The zero-order chi connectivity index (χ0) is 21.3. The summed E-state index contributed by atoms with van der Waals surface area (Å²) in [6.45, 7) is 2.88. The molecule has 0 fully saturated rings. The first-order valence-electron chi connectivity index (χ1n) is 10.5. The van der Waals surface area contributed by atoms with Gasteiger partial charge in [-0.2, -0.15) is 0 Å². The van der Waals surface area contributed by atoms with Crippen LogP contribution in [0.25, 0.3) is 0 Å². The van der Waals surface area contributed by atoms with E-state index < -0.39 is 32.5 Å². The van der Waals surface area contributed by atoms with E-state index in [1.807, 2.05) is 0 Å². The van der Waals surface area contributed by atoms with Gasteiger partial charge in [0.1, 0.15) is 0 Å². The standard InChI is InChI=1S/C20H40NO6P/c1-3-4-5-6-7-8-9-10-11-12-13-14-15-16-20(23)19(21-18(2)22)17-27-28(24,25)26/h15-16,19-20,23H,3-14,17H2,1-2H3,(H,21,22)(H2,24,25,26)/p-2/b16-15+/t19-,20+/m0/s1. The van der Waals surface area contributed by atoms with E-state index in [1.165, 1.54) is 70.8 Å². The molecule has 0 radical (unpaired) electrons. The minimum absolute atomic E-state index is 0.446. The van der Waals surface area contributed by atoms with Crippen molar-refractivity contribution in [2.45, 2.75) is 103 Å². The van der Waals surface area contributed by atoms with E-state index in [4.69, 9.17) is 0 Å². The van der Waals surface area contributed by atoms with E-state index in [0.717, 1.165) is 19.3 Å². The van der Waals surface area contributed by atoms with Crippen LogP contribution in [-0.2, 0) is 13.9 Å². The van der Waals surface area contributed by atoms with Gasteiger partial charge in [0.15, 0.2) is 0 Å². The number of hydrogen-bond donors (Lipinski definition) is 2. The van der Waals surface area contributed by atoms with E-state index in [0.29, 0.717) is 0 Å². The van der Waals surface area contributed by atoms with E-state index >= 15 is 0 Å². The molecule has 7 nitrogen and oxygen atoms in total. The fourth-order valence-corrected chi connectivity index (χ4v) is 3.30. The lowest BCUT2D eigenvalue weighted by Crippen LogP contribution is -2.45. The zero-order valence-corrected chi connectivity index (χ0v) is 18.3. The molecule has 0 rings (SSSR count). The number of carbonyl (C=O) groups is 1. The van der Waals surface area contributed by atoms with Gasteiger partial charge in [-0.1, -0.05) is 83.3 Å². The molecule has 0 aliphatic carbocycles. The Kier molecular flexibility index (Phi) is 16.7. The summed E-state index contributed by atoms with van der Waals surface area (Å²) >= 11 is 0. The Hall–Kier alpha value is -0.720. The molecule has 2 atom stereocenters. The zero-order valence-electron chi connectivity index (χ0n) is 17.4. The molecule has 0 saturated heterocycles. The van der Waals surface area contributed by atoms with Crippen LogP contribution in [0.4, 0.5) is 0 Å². The maximum Gasteiger partial charge on any atom is 0.217 e. The Morgan fingerprint density at radius 2 is 1.54 bits per heavy atom. The number of aliphatic hydroxyl groups excluding tert-OH is 1. The molecule has 2 N–H and O–H groups in total. The van der Waals surface area contributed by atoms with Gasteiger partial charge < -0.3 is 29.3 Å². The molecule has 0 spiro atoms. The summed E-state index contributed by atoms with van der Waals surface area (Å²) in [6.07, 6.45) is 16.9. The van der Waals surface area contributed by atoms with Crippen LogP contribution in [0.5, 0.6) is 0 Å². The maximum atomic E-state index is 11.1. The third-order valence-corrected chi connectivity index (χ3v) is 4.99. The van der Waals surface area contributed by atoms with Crippen LogP contribution in [0.2, 0.25) is 0 Å². The van der Waals surface area contributed by atoms with E-state index in [-0.39, 0.29) is 0 Å². The van der Waals surface area contributed by atoms with Crippen molar-refractivity contribution in [1.82, 2.24) is 5.32 Å². The molecule has 8 heteroatoms. The van der Waals surface area contributed by atoms with Gasteiger partial charge in [0.05, 0.1) is 26.6 Å². The summed E-state index contributed by atoms with van der Waals surface area (Å²) in [5, 5.41) is 12.4. The monoisotopic (exact) mass is 419 g/mol. The molecule has 0 aliphatic rings. The number of phosphoric acid groups is 1. The maximum absolute atomic E-state index is 11.1. The van der Waals surface area contributed by atoms with Crippen molar-refractivity contribution in [3.63, 3.8) is 0 Å². The minimum atomic E-state index is -5.15. The van der Waals surface area contributed by atoms with Crippen LogP contribution in [0.3, 0.4) is 0 Å². The highest BCUT2D eigenvalue weighted by atomic mass is 31.2. The molecule has 166 valence electrons. The average Bonchev–Trinajstić information content (AvgIpc) is 2.61. The summed E-state index contributed by atoms with van der Waals surface area (Å²) < 4.78 is 14.7. The SMILES string of the molecule is CCCCCCCCCCCCC/C=C/[C@@H](O)[C@H](COP(=O)([O-])[O-])NC(C)=O. The minimum Gasteiger partial charge on any atom is -0.790 e. The summed E-state index contributed by atoms with van der Waals surface area (Å²) in [4.78, 5) is 32.3.